The number of rotatable bonds is 6. The number of hydrogen-bond donors (Lipinski definition) is 3. The summed E-state index contributed by atoms with van der Waals surface area (Å²) in [5.74, 6) is 0.698. The summed E-state index contributed by atoms with van der Waals surface area (Å²) in [6, 6.07) is 16.4. The van der Waals surface area contributed by atoms with E-state index in [1.807, 2.05) is 36.4 Å². The summed E-state index contributed by atoms with van der Waals surface area (Å²) in [6.45, 7) is 0.797. The Morgan fingerprint density at radius 1 is 0.828 bits per heavy atom. The van der Waals surface area contributed by atoms with Crippen molar-refractivity contribution in [3.8, 4) is 5.75 Å². The van der Waals surface area contributed by atoms with Crippen LogP contribution in [0.15, 0.2) is 59.4 Å². The Morgan fingerprint density at radius 3 is 2.41 bits per heavy atom. The first kappa shape index (κ1) is 19.7. The maximum absolute atomic E-state index is 11.4. The van der Waals surface area contributed by atoms with Gasteiger partial charge in [-0.1, -0.05) is 40.9 Å². The third-order valence-electron chi connectivity index (χ3n) is 4.42. The lowest BCUT2D eigenvalue weighted by molar-refractivity contribution is 0.303. The fraction of sp³-hybridized carbons (Fsp3) is 0.0952. The van der Waals surface area contributed by atoms with Crippen LogP contribution in [0.4, 0.5) is 5.69 Å². The van der Waals surface area contributed by atoms with Crippen LogP contribution in [-0.2, 0) is 13.2 Å². The van der Waals surface area contributed by atoms with E-state index in [1.165, 1.54) is 0 Å². The van der Waals surface area contributed by atoms with Crippen LogP contribution < -0.4 is 15.7 Å². The average Bonchev–Trinajstić information content (AvgIpc) is 3.06. The zero-order valence-corrected chi connectivity index (χ0v) is 17.3. The number of benzene rings is 3. The van der Waals surface area contributed by atoms with Gasteiger partial charge < -0.3 is 20.0 Å². The average molecular weight is 449 g/mol. The van der Waals surface area contributed by atoms with E-state index in [-0.39, 0.29) is 5.69 Å². The summed E-state index contributed by atoms with van der Waals surface area (Å²) in [4.78, 5) is 16.9. The second-order valence-electron chi connectivity index (χ2n) is 6.47. The van der Waals surface area contributed by atoms with Crippen LogP contribution in [0.3, 0.4) is 0 Å². The molecule has 0 spiro atoms. The van der Waals surface area contributed by atoms with E-state index < -0.39 is 0 Å². The van der Waals surface area contributed by atoms with Crippen molar-refractivity contribution < 1.29 is 4.74 Å². The zero-order valence-electron chi connectivity index (χ0n) is 15.1. The first-order valence-corrected chi connectivity index (χ1v) is 9.92. The molecule has 5 nitrogen and oxygen atoms in total. The van der Waals surface area contributed by atoms with Gasteiger partial charge in [-0.2, -0.15) is 0 Å². The van der Waals surface area contributed by atoms with Crippen LogP contribution in [0.2, 0.25) is 15.1 Å². The molecule has 29 heavy (non-hydrogen) atoms. The molecule has 0 radical (unpaired) electrons. The minimum absolute atomic E-state index is 0.233. The molecule has 0 aliphatic carbocycles. The number of aromatic nitrogens is 2. The number of hydrogen-bond acceptors (Lipinski definition) is 3. The van der Waals surface area contributed by atoms with Crippen molar-refractivity contribution in [2.24, 2.45) is 0 Å². The molecule has 0 amide bonds. The zero-order chi connectivity index (χ0) is 20.4. The largest absolute Gasteiger partial charge is 0.488 e. The Bertz CT molecular complexity index is 1230. The molecule has 0 bridgehead atoms. The third-order valence-corrected chi connectivity index (χ3v) is 5.24. The number of imidazole rings is 1. The number of halogens is 3. The predicted molar refractivity (Wildman–Crippen MR) is 118 cm³/mol. The van der Waals surface area contributed by atoms with E-state index in [1.54, 1.807) is 18.2 Å². The highest BCUT2D eigenvalue weighted by molar-refractivity contribution is 6.35. The Balaban J connectivity index is 1.50. The molecule has 0 fully saturated rings. The van der Waals surface area contributed by atoms with Crippen molar-refractivity contribution in [1.29, 1.82) is 0 Å². The van der Waals surface area contributed by atoms with Gasteiger partial charge in [-0.25, -0.2) is 4.79 Å². The fourth-order valence-electron chi connectivity index (χ4n) is 2.96. The number of aromatic amines is 2. The van der Waals surface area contributed by atoms with Crippen LogP contribution in [-0.4, -0.2) is 9.97 Å². The molecule has 0 unspecified atom stereocenters. The van der Waals surface area contributed by atoms with Crippen molar-refractivity contribution in [3.05, 3.63) is 91.3 Å². The molecule has 148 valence electrons. The molecular weight excluding hydrogens is 433 g/mol. The van der Waals surface area contributed by atoms with Gasteiger partial charge in [-0.05, 0) is 48.5 Å². The number of H-pyrrole nitrogens is 2. The lowest BCUT2D eigenvalue weighted by Gasteiger charge is -2.14. The van der Waals surface area contributed by atoms with Crippen LogP contribution >= 0.6 is 34.8 Å². The normalized spacial score (nSPS) is 11.0. The highest BCUT2D eigenvalue weighted by atomic mass is 35.5. The number of fused-ring (bicyclic) bond motifs is 1. The summed E-state index contributed by atoms with van der Waals surface area (Å²) < 4.78 is 5.98. The van der Waals surface area contributed by atoms with Gasteiger partial charge in [0, 0.05) is 38.4 Å². The third kappa shape index (κ3) is 4.70. The van der Waals surface area contributed by atoms with Crippen LogP contribution in [0.1, 0.15) is 11.1 Å². The highest BCUT2D eigenvalue weighted by Gasteiger charge is 2.08. The van der Waals surface area contributed by atoms with Crippen molar-refractivity contribution >= 4 is 51.5 Å². The Hall–Kier alpha value is -2.60. The van der Waals surface area contributed by atoms with Crippen LogP contribution in [0, 0.1) is 0 Å². The molecule has 1 heterocycles. The van der Waals surface area contributed by atoms with Crippen LogP contribution in [0.5, 0.6) is 5.75 Å². The van der Waals surface area contributed by atoms with Crippen LogP contribution in [0.25, 0.3) is 11.0 Å². The van der Waals surface area contributed by atoms with E-state index in [4.69, 9.17) is 39.5 Å². The van der Waals surface area contributed by atoms with Gasteiger partial charge in [-0.15, -0.1) is 0 Å². The first-order chi connectivity index (χ1) is 14.0. The quantitative estimate of drug-likeness (QED) is 0.338. The van der Waals surface area contributed by atoms with Crippen molar-refractivity contribution in [2.75, 3.05) is 5.32 Å². The molecule has 0 aliphatic rings. The van der Waals surface area contributed by atoms with Crippen molar-refractivity contribution in [3.63, 3.8) is 0 Å². The SMILES string of the molecule is O=c1[nH]c2ccc(NCc3cc(Cl)ccc3OCc3ccc(Cl)cc3Cl)cc2[nH]1. The molecule has 0 aliphatic heterocycles. The standard InChI is InChI=1S/C21H16Cl3N3O2/c22-14-3-6-20(29-11-12-1-2-15(23)8-17(12)24)13(7-14)10-25-16-4-5-18-19(9-16)27-21(28)26-18/h1-9,25H,10-11H2,(H2,26,27,28). The van der Waals surface area contributed by atoms with Crippen molar-refractivity contribution in [1.82, 2.24) is 9.97 Å². The molecule has 3 aromatic carbocycles. The second kappa shape index (κ2) is 8.41. The molecule has 0 saturated carbocycles. The smallest absolute Gasteiger partial charge is 0.323 e. The highest BCUT2D eigenvalue weighted by Crippen LogP contribution is 2.27. The maximum atomic E-state index is 11.4. The lowest BCUT2D eigenvalue weighted by atomic mass is 10.2. The summed E-state index contributed by atoms with van der Waals surface area (Å²) in [5, 5.41) is 5.08. The molecule has 0 atom stereocenters. The lowest BCUT2D eigenvalue weighted by Crippen LogP contribution is -2.04. The minimum atomic E-state index is -0.233. The minimum Gasteiger partial charge on any atom is -0.488 e. The van der Waals surface area contributed by atoms with E-state index in [2.05, 4.69) is 15.3 Å². The molecular formula is C21H16Cl3N3O2. The van der Waals surface area contributed by atoms with Gasteiger partial charge in [0.15, 0.2) is 0 Å². The molecule has 4 aromatic rings. The summed E-state index contributed by atoms with van der Waals surface area (Å²) >= 11 is 18.3. The molecule has 0 saturated heterocycles. The number of ether oxygens (including phenoxy) is 1. The van der Waals surface area contributed by atoms with E-state index >= 15 is 0 Å². The molecule has 1 aromatic heterocycles. The Morgan fingerprint density at radius 2 is 1.59 bits per heavy atom. The topological polar surface area (TPSA) is 69.9 Å². The van der Waals surface area contributed by atoms with E-state index in [9.17, 15) is 4.79 Å². The van der Waals surface area contributed by atoms with Gasteiger partial charge in [0.25, 0.3) is 0 Å². The van der Waals surface area contributed by atoms with E-state index in [0.717, 1.165) is 27.8 Å². The van der Waals surface area contributed by atoms with Gasteiger partial charge in [-0.3, -0.25) is 0 Å². The maximum Gasteiger partial charge on any atom is 0.323 e. The van der Waals surface area contributed by atoms with Gasteiger partial charge in [0.2, 0.25) is 0 Å². The molecule has 8 heteroatoms. The summed E-state index contributed by atoms with van der Waals surface area (Å²) in [6.07, 6.45) is 0. The van der Waals surface area contributed by atoms with Crippen molar-refractivity contribution in [2.45, 2.75) is 13.2 Å². The van der Waals surface area contributed by atoms with Gasteiger partial charge in [0.1, 0.15) is 12.4 Å². The number of nitrogens with one attached hydrogen (secondary N) is 3. The van der Waals surface area contributed by atoms with E-state index in [0.29, 0.717) is 34.0 Å². The second-order valence-corrected chi connectivity index (χ2v) is 7.75. The summed E-state index contributed by atoms with van der Waals surface area (Å²) in [5.41, 5.74) is 3.85. The molecule has 4 rings (SSSR count). The Labute approximate surface area is 181 Å². The first-order valence-electron chi connectivity index (χ1n) is 8.79. The molecule has 3 N–H and O–H groups in total. The Kier molecular flexibility index (Phi) is 5.72. The monoisotopic (exact) mass is 447 g/mol. The van der Waals surface area contributed by atoms with Gasteiger partial charge in [0.05, 0.1) is 11.0 Å². The predicted octanol–water partition coefficient (Wildman–Crippen LogP) is 6.01. The summed E-state index contributed by atoms with van der Waals surface area (Å²) in [7, 11) is 0. The number of anilines is 1. The fourth-order valence-corrected chi connectivity index (χ4v) is 3.62. The van der Waals surface area contributed by atoms with Gasteiger partial charge >= 0.3 is 5.69 Å².